The van der Waals surface area contributed by atoms with Gasteiger partial charge in [-0.3, -0.25) is 48.1 Å². The van der Waals surface area contributed by atoms with Crippen molar-refractivity contribution in [3.63, 3.8) is 0 Å². The maximum Gasteiger partial charge on any atom is 0.237 e. The molecule has 3 saturated heterocycles. The van der Waals surface area contributed by atoms with Crippen molar-refractivity contribution in [2.75, 3.05) is 92.0 Å². The zero-order chi connectivity index (χ0) is 68.8. The Bertz CT molecular complexity index is 2150. The van der Waals surface area contributed by atoms with Gasteiger partial charge in [-0.2, -0.15) is 0 Å². The van der Waals surface area contributed by atoms with E-state index in [-0.39, 0.29) is 116 Å². The number of hydrogen-bond donors (Lipinski definition) is 18. The summed E-state index contributed by atoms with van der Waals surface area (Å²) in [7, 11) is 0. The van der Waals surface area contributed by atoms with Crippen molar-refractivity contribution in [3.05, 3.63) is 0 Å². The molecule has 0 bridgehead atoms. The van der Waals surface area contributed by atoms with Gasteiger partial charge in [0, 0.05) is 99.1 Å². The lowest BCUT2D eigenvalue weighted by Crippen LogP contribution is -2.64. The van der Waals surface area contributed by atoms with Crippen LogP contribution in [0.5, 0.6) is 0 Å². The van der Waals surface area contributed by atoms with Crippen LogP contribution in [0.15, 0.2) is 0 Å². The second-order valence-corrected chi connectivity index (χ2v) is 23.3. The number of carbonyl (C=O) groups is 9. The Kier molecular flexibility index (Phi) is 40.4. The SMILES string of the molecule is CCC(C(=O)NCCCNC(=O)CCCCCO[C@@H]1OC(CO)[C@H](O)C(O)[C@@H]1NC(C)=O)N(CC(=O)NCCCNC(=O)CCCCCO[C@@H]1OC(CO)[C@H](O)C(O)C1NC(C)=O)CC(=O)NCCCNC(=O)CCCCCO[C@@H]1OC(CO)[C@H](O)C(O)[C@@H]1NC(C)=O. The molecule has 0 aromatic heterocycles. The quantitative estimate of drug-likeness (QED) is 0.0252. The normalized spacial score (nSPS) is 26.5. The van der Waals surface area contributed by atoms with E-state index in [1.807, 2.05) is 0 Å². The molecule has 3 fully saturated rings. The molecule has 16 atom stereocenters. The van der Waals surface area contributed by atoms with Crippen molar-refractivity contribution >= 4 is 53.2 Å². The monoisotopic (exact) mass is 1340 g/mol. The number of unbranched alkanes of at least 4 members (excludes halogenated alkanes) is 6. The fourth-order valence-corrected chi connectivity index (χ4v) is 10.5. The molecule has 3 aliphatic heterocycles. The van der Waals surface area contributed by atoms with E-state index >= 15 is 0 Å². The zero-order valence-corrected chi connectivity index (χ0v) is 54.0. The van der Waals surface area contributed by atoms with E-state index in [0.717, 1.165) is 0 Å². The molecule has 0 saturated carbocycles. The first kappa shape index (κ1) is 81.8. The average Bonchev–Trinajstić information content (AvgIpc) is 0.865. The van der Waals surface area contributed by atoms with Gasteiger partial charge in [0.25, 0.3) is 0 Å². The number of ether oxygens (including phenoxy) is 6. The first-order valence-corrected chi connectivity index (χ1v) is 32.3. The first-order valence-electron chi connectivity index (χ1n) is 32.3. The van der Waals surface area contributed by atoms with Gasteiger partial charge in [0.2, 0.25) is 53.2 Å². The highest BCUT2D eigenvalue weighted by molar-refractivity contribution is 5.86. The molecule has 0 aromatic rings. The molecule has 9 amide bonds. The van der Waals surface area contributed by atoms with Gasteiger partial charge in [-0.25, -0.2) is 0 Å². The van der Waals surface area contributed by atoms with Gasteiger partial charge in [-0.05, 0) is 64.2 Å². The summed E-state index contributed by atoms with van der Waals surface area (Å²) in [5.41, 5.74) is 0. The summed E-state index contributed by atoms with van der Waals surface area (Å²) in [4.78, 5) is 115. The second kappa shape index (κ2) is 45.9. The highest BCUT2D eigenvalue weighted by Gasteiger charge is 2.48. The molecular weight excluding hydrogens is 1230 g/mol. The Balaban J connectivity index is 1.42. The van der Waals surface area contributed by atoms with Crippen molar-refractivity contribution in [1.29, 1.82) is 0 Å². The van der Waals surface area contributed by atoms with Crippen LogP contribution in [0.4, 0.5) is 0 Å². The van der Waals surface area contributed by atoms with Gasteiger partial charge in [-0.15, -0.1) is 0 Å². The smallest absolute Gasteiger partial charge is 0.237 e. The minimum Gasteiger partial charge on any atom is -0.394 e. The number of nitrogens with one attached hydrogen (secondary N) is 9. The lowest BCUT2D eigenvalue weighted by molar-refractivity contribution is -0.270. The molecule has 93 heavy (non-hydrogen) atoms. The highest BCUT2D eigenvalue weighted by atomic mass is 16.7. The molecule has 3 heterocycles. The standard InChI is InChI=1S/C59H106N10O24/c1-5-38(56(87)65-26-17-23-62-44(78)20-11-8-14-29-90-59-49(68-37(4)75)55(86)52(83)41(34-72)93-59)69(30-45(79)63-24-15-21-60-42(76)18-9-6-12-27-88-57-47(66-35(2)73)53(84)50(81)39(32-70)91-57)31-46(80)64-25-16-22-61-43(77)19-10-7-13-28-89-58-48(67-36(3)74)54(85)51(82)40(33-71)92-58/h38-41,47-55,57-59,70-72,81-86H,5-34H2,1-4H3,(H,60,76)(H,61,77)(H,62,78)(H,63,79)(H,64,80)(H,65,87)(H,66,73)(H,67,74)(H,68,75)/t38?,39?,40?,41?,47-,48?,49-,50-,51-,52-,53?,54?,55?,57+,58+,59+/m0/s1. The fourth-order valence-electron chi connectivity index (χ4n) is 10.5. The van der Waals surface area contributed by atoms with Crippen molar-refractivity contribution in [2.24, 2.45) is 0 Å². The predicted octanol–water partition coefficient (Wildman–Crippen LogP) is -6.50. The van der Waals surface area contributed by atoms with Gasteiger partial charge in [0.1, 0.15) is 73.1 Å². The molecule has 3 rings (SSSR count). The van der Waals surface area contributed by atoms with Gasteiger partial charge < -0.3 is 122 Å². The molecule has 34 heteroatoms. The summed E-state index contributed by atoms with van der Waals surface area (Å²) in [5, 5.41) is 115. The van der Waals surface area contributed by atoms with Gasteiger partial charge in [0.15, 0.2) is 18.9 Å². The zero-order valence-electron chi connectivity index (χ0n) is 54.0. The van der Waals surface area contributed by atoms with Gasteiger partial charge in [-0.1, -0.05) is 26.2 Å². The van der Waals surface area contributed by atoms with Crippen LogP contribution in [0.25, 0.3) is 0 Å². The molecular formula is C59H106N10O24. The summed E-state index contributed by atoms with van der Waals surface area (Å²) in [6.07, 6.45) is -8.62. The number of rotatable bonds is 46. The number of carbonyl (C=O) groups excluding carboxylic acids is 9. The van der Waals surface area contributed by atoms with Crippen LogP contribution in [0.3, 0.4) is 0 Å². The Morgan fingerprint density at radius 3 is 0.935 bits per heavy atom. The topological polar surface area (TPSA) is 503 Å². The van der Waals surface area contributed by atoms with E-state index in [4.69, 9.17) is 28.4 Å². The molecule has 536 valence electrons. The second-order valence-electron chi connectivity index (χ2n) is 23.3. The van der Waals surface area contributed by atoms with Crippen molar-refractivity contribution < 1.29 is 118 Å². The third kappa shape index (κ3) is 30.9. The number of nitrogens with zero attached hydrogens (tertiary/aromatic N) is 1. The summed E-state index contributed by atoms with van der Waals surface area (Å²) < 4.78 is 33.8. The predicted molar refractivity (Wildman–Crippen MR) is 327 cm³/mol. The van der Waals surface area contributed by atoms with Crippen LogP contribution in [-0.4, -0.2) is 294 Å². The molecule has 34 nitrogen and oxygen atoms in total. The van der Waals surface area contributed by atoms with Crippen LogP contribution < -0.4 is 47.9 Å². The van der Waals surface area contributed by atoms with Crippen LogP contribution in [0.2, 0.25) is 0 Å². The molecule has 18 N–H and O–H groups in total. The Morgan fingerprint density at radius 2 is 0.667 bits per heavy atom. The van der Waals surface area contributed by atoms with Crippen LogP contribution in [0, 0.1) is 0 Å². The first-order chi connectivity index (χ1) is 44.5. The van der Waals surface area contributed by atoms with E-state index in [1.165, 1.54) is 25.7 Å². The number of amides is 9. The van der Waals surface area contributed by atoms with Crippen LogP contribution in [0.1, 0.15) is 130 Å². The van der Waals surface area contributed by atoms with Crippen molar-refractivity contribution in [3.8, 4) is 0 Å². The maximum atomic E-state index is 13.7. The fraction of sp³-hybridized carbons (Fsp3) is 0.847. The largest absolute Gasteiger partial charge is 0.394 e. The minimum atomic E-state index is -1.44. The summed E-state index contributed by atoms with van der Waals surface area (Å²) in [6.45, 7) is 4.69. The Labute approximate surface area is 542 Å². The van der Waals surface area contributed by atoms with E-state index in [1.54, 1.807) is 6.92 Å². The molecule has 0 aromatic carbocycles. The van der Waals surface area contributed by atoms with E-state index in [2.05, 4.69) is 47.9 Å². The summed E-state index contributed by atoms with van der Waals surface area (Å²) in [5.74, 6) is -3.50. The number of aliphatic hydroxyl groups excluding tert-OH is 9. The van der Waals surface area contributed by atoms with E-state index in [0.29, 0.717) is 77.0 Å². The van der Waals surface area contributed by atoms with Crippen LogP contribution in [-0.2, 0) is 71.6 Å². The van der Waals surface area contributed by atoms with Crippen molar-refractivity contribution in [2.45, 2.75) is 228 Å². The maximum absolute atomic E-state index is 13.7. The van der Waals surface area contributed by atoms with Crippen molar-refractivity contribution in [1.82, 2.24) is 52.8 Å². The molecule has 8 unspecified atom stereocenters. The number of hydrogen-bond acceptors (Lipinski definition) is 25. The van der Waals surface area contributed by atoms with Gasteiger partial charge >= 0.3 is 0 Å². The van der Waals surface area contributed by atoms with E-state index in [9.17, 15) is 89.1 Å². The van der Waals surface area contributed by atoms with E-state index < -0.39 is 153 Å². The summed E-state index contributed by atoms with van der Waals surface area (Å²) in [6, 6.07) is -4.11. The minimum absolute atomic E-state index is 0.144. The number of aliphatic hydroxyl groups is 9. The Morgan fingerprint density at radius 1 is 0.387 bits per heavy atom. The third-order valence-corrected chi connectivity index (χ3v) is 15.5. The third-order valence-electron chi connectivity index (χ3n) is 15.5. The average molecular weight is 1340 g/mol. The molecule has 0 radical (unpaired) electrons. The lowest BCUT2D eigenvalue weighted by atomic mass is 9.97. The van der Waals surface area contributed by atoms with Gasteiger partial charge in [0.05, 0.1) is 39.0 Å². The molecule has 0 spiro atoms. The highest BCUT2D eigenvalue weighted by Crippen LogP contribution is 2.26. The molecule has 0 aliphatic carbocycles. The molecule has 3 aliphatic rings. The van der Waals surface area contributed by atoms with Crippen LogP contribution >= 0.6 is 0 Å². The summed E-state index contributed by atoms with van der Waals surface area (Å²) >= 11 is 0. The lowest BCUT2D eigenvalue weighted by Gasteiger charge is -2.42. The Hall–Kier alpha value is -5.41.